The van der Waals surface area contributed by atoms with E-state index < -0.39 is 0 Å². The number of rotatable bonds is 5. The second-order valence-electron chi connectivity index (χ2n) is 9.27. The lowest BCUT2D eigenvalue weighted by Gasteiger charge is -2.45. The summed E-state index contributed by atoms with van der Waals surface area (Å²) >= 11 is 0. The molecule has 0 spiro atoms. The van der Waals surface area contributed by atoms with Crippen LogP contribution in [0.5, 0.6) is 0 Å². The van der Waals surface area contributed by atoms with E-state index in [0.717, 1.165) is 24.2 Å². The van der Waals surface area contributed by atoms with Crippen LogP contribution < -0.4 is 10.5 Å². The Balaban J connectivity index is 1.68. The molecule has 0 bridgehead atoms. The zero-order valence-electron chi connectivity index (χ0n) is 19.5. The monoisotopic (exact) mass is 461 g/mol. The molecule has 0 saturated heterocycles. The van der Waals surface area contributed by atoms with Crippen LogP contribution in [-0.4, -0.2) is 39.2 Å². The van der Waals surface area contributed by atoms with Crippen molar-refractivity contribution in [2.24, 2.45) is 5.41 Å². The molecule has 0 saturated carbocycles. The largest absolute Gasteiger partial charge is 0.497 e. The van der Waals surface area contributed by atoms with Gasteiger partial charge >= 0.3 is 0 Å². The zero-order chi connectivity index (χ0) is 23.7. The zero-order valence-corrected chi connectivity index (χ0v) is 19.5. The van der Waals surface area contributed by atoms with Gasteiger partial charge in [-0.25, -0.2) is 15.0 Å². The first-order chi connectivity index (χ1) is 16.4. The molecule has 4 heterocycles. The fourth-order valence-electron chi connectivity index (χ4n) is 4.64. The normalized spacial score (nSPS) is 19.6. The summed E-state index contributed by atoms with van der Waals surface area (Å²) in [7, 11) is 1.66. The molecule has 0 fully saturated rings. The lowest BCUT2D eigenvalue weighted by Crippen LogP contribution is -2.53. The first-order valence-corrected chi connectivity index (χ1v) is 11.2. The van der Waals surface area contributed by atoms with Crippen LogP contribution >= 0.6 is 0 Å². The number of anilines is 1. The third-order valence-corrected chi connectivity index (χ3v) is 6.07. The van der Waals surface area contributed by atoms with Gasteiger partial charge in [0.05, 0.1) is 18.5 Å². The molecule has 2 aromatic rings. The van der Waals surface area contributed by atoms with Gasteiger partial charge in [-0.05, 0) is 36.6 Å². The number of methoxy groups -OCH3 is 1. The molecular weight excluding hydrogens is 434 g/mol. The maximum absolute atomic E-state index is 13.3. The molecule has 9 nitrogen and oxygen atoms in total. The van der Waals surface area contributed by atoms with Gasteiger partial charge in [-0.3, -0.25) is 9.36 Å². The summed E-state index contributed by atoms with van der Waals surface area (Å²) in [5.41, 5.74) is 1.88. The number of hydrogen-bond donors (Lipinski definition) is 0. The number of allylic oxidation sites excluding steroid dienone is 2. The van der Waals surface area contributed by atoms with Crippen molar-refractivity contribution in [2.45, 2.75) is 39.3 Å². The molecule has 0 N–H and O–H groups in total. The smallest absolute Gasteiger partial charge is 0.255 e. The third kappa shape index (κ3) is 4.21. The van der Waals surface area contributed by atoms with Gasteiger partial charge in [-0.15, -0.1) is 0 Å². The van der Waals surface area contributed by atoms with Gasteiger partial charge < -0.3 is 19.1 Å². The topological polar surface area (TPSA) is 91.6 Å². The molecule has 3 aliphatic rings. The fourth-order valence-corrected chi connectivity index (χ4v) is 4.64. The predicted octanol–water partition coefficient (Wildman–Crippen LogP) is 3.53. The third-order valence-electron chi connectivity index (χ3n) is 6.07. The minimum Gasteiger partial charge on any atom is -0.497 e. The summed E-state index contributed by atoms with van der Waals surface area (Å²) in [6.07, 6.45) is 13.5. The molecule has 0 aromatic carbocycles. The first-order valence-electron chi connectivity index (χ1n) is 11.2. The maximum atomic E-state index is 13.3. The Morgan fingerprint density at radius 1 is 1.21 bits per heavy atom. The Hall–Kier alpha value is -3.88. The SMILES string of the molecule is COC1=CCCC(C(C2=COC=CO2)N2CC(C)(C)Cn3c2nc(-c2ccncn2)cc3=O)=C1. The minimum atomic E-state index is -0.331. The highest BCUT2D eigenvalue weighted by molar-refractivity contribution is 5.57. The van der Waals surface area contributed by atoms with Gasteiger partial charge in [0.25, 0.3) is 5.56 Å². The van der Waals surface area contributed by atoms with Crippen molar-refractivity contribution in [3.63, 3.8) is 0 Å². The van der Waals surface area contributed by atoms with Crippen LogP contribution in [-0.2, 0) is 20.8 Å². The van der Waals surface area contributed by atoms with Gasteiger partial charge in [0.15, 0.2) is 5.76 Å². The summed E-state index contributed by atoms with van der Waals surface area (Å²) < 4.78 is 18.7. The van der Waals surface area contributed by atoms with Crippen molar-refractivity contribution in [1.29, 1.82) is 0 Å². The predicted molar refractivity (Wildman–Crippen MR) is 126 cm³/mol. The average Bonchev–Trinajstić information content (AvgIpc) is 2.85. The molecule has 9 heteroatoms. The van der Waals surface area contributed by atoms with Crippen LogP contribution in [0.1, 0.15) is 26.7 Å². The molecule has 2 aromatic heterocycles. The van der Waals surface area contributed by atoms with Crippen LogP contribution in [0.15, 0.2) is 77.5 Å². The van der Waals surface area contributed by atoms with Crippen LogP contribution in [0.3, 0.4) is 0 Å². The molecule has 176 valence electrons. The highest BCUT2D eigenvalue weighted by Gasteiger charge is 2.40. The molecule has 1 atom stereocenters. The van der Waals surface area contributed by atoms with E-state index in [1.54, 1.807) is 30.2 Å². The maximum Gasteiger partial charge on any atom is 0.255 e. The second-order valence-corrected chi connectivity index (χ2v) is 9.27. The highest BCUT2D eigenvalue weighted by atomic mass is 16.5. The van der Waals surface area contributed by atoms with Crippen LogP contribution in [0.2, 0.25) is 0 Å². The second kappa shape index (κ2) is 8.81. The van der Waals surface area contributed by atoms with E-state index in [1.165, 1.54) is 24.9 Å². The Kier molecular flexibility index (Phi) is 5.69. The number of hydrogen-bond acceptors (Lipinski definition) is 8. The molecule has 0 radical (unpaired) electrons. The van der Waals surface area contributed by atoms with Crippen molar-refractivity contribution in [2.75, 3.05) is 18.6 Å². The highest BCUT2D eigenvalue weighted by Crippen LogP contribution is 2.38. The number of nitrogens with zero attached hydrogens (tertiary/aromatic N) is 5. The van der Waals surface area contributed by atoms with Crippen molar-refractivity contribution in [3.8, 4) is 11.4 Å². The Labute approximate surface area is 197 Å². The molecular formula is C25H27N5O4. The van der Waals surface area contributed by atoms with Crippen molar-refractivity contribution in [3.05, 3.63) is 83.0 Å². The lowest BCUT2D eigenvalue weighted by molar-refractivity contribution is 0.220. The van der Waals surface area contributed by atoms with Gasteiger partial charge in [-0.1, -0.05) is 13.8 Å². The first kappa shape index (κ1) is 21.9. The minimum absolute atomic E-state index is 0.125. The lowest BCUT2D eigenvalue weighted by atomic mass is 9.87. The average molecular weight is 462 g/mol. The van der Waals surface area contributed by atoms with E-state index in [2.05, 4.69) is 34.8 Å². The Bertz CT molecular complexity index is 1260. The molecule has 1 aliphatic carbocycles. The number of ether oxygens (including phenoxy) is 3. The van der Waals surface area contributed by atoms with E-state index in [-0.39, 0.29) is 17.0 Å². The van der Waals surface area contributed by atoms with Crippen LogP contribution in [0.25, 0.3) is 11.4 Å². The number of fused-ring (bicyclic) bond motifs is 1. The standard InChI is InChI=1S/C25H27N5O4/c1-25(2)14-29-22(31)12-20(19-7-8-26-16-27-19)28-24(29)30(15-25)23(21-13-33-9-10-34-21)17-5-4-6-18(11-17)32-3/h6-13,16,23H,4-5,14-15H2,1-3H3. The summed E-state index contributed by atoms with van der Waals surface area (Å²) in [4.78, 5) is 28.6. The van der Waals surface area contributed by atoms with E-state index in [4.69, 9.17) is 19.2 Å². The van der Waals surface area contributed by atoms with Gasteiger partial charge in [0.2, 0.25) is 5.95 Å². The van der Waals surface area contributed by atoms with Crippen LogP contribution in [0.4, 0.5) is 5.95 Å². The van der Waals surface area contributed by atoms with Gasteiger partial charge in [0.1, 0.15) is 36.9 Å². The fraction of sp³-hybridized carbons (Fsp3) is 0.360. The number of aromatic nitrogens is 4. The van der Waals surface area contributed by atoms with Crippen molar-refractivity contribution >= 4 is 5.95 Å². The quantitative estimate of drug-likeness (QED) is 0.668. The summed E-state index contributed by atoms with van der Waals surface area (Å²) in [5, 5.41) is 0. The van der Waals surface area contributed by atoms with E-state index in [1.807, 2.05) is 6.08 Å². The summed E-state index contributed by atoms with van der Waals surface area (Å²) in [6, 6.07) is 2.95. The van der Waals surface area contributed by atoms with Crippen molar-refractivity contribution in [1.82, 2.24) is 19.5 Å². The molecule has 0 amide bonds. The molecule has 34 heavy (non-hydrogen) atoms. The van der Waals surface area contributed by atoms with E-state index in [9.17, 15) is 4.79 Å². The molecule has 5 rings (SSSR count). The van der Waals surface area contributed by atoms with E-state index >= 15 is 0 Å². The molecule has 2 aliphatic heterocycles. The Morgan fingerprint density at radius 2 is 2.09 bits per heavy atom. The molecule has 1 unspecified atom stereocenters. The van der Waals surface area contributed by atoms with E-state index in [0.29, 0.717) is 36.2 Å². The Morgan fingerprint density at radius 3 is 2.82 bits per heavy atom. The summed E-state index contributed by atoms with van der Waals surface area (Å²) in [6.45, 7) is 5.51. The van der Waals surface area contributed by atoms with Gasteiger partial charge in [-0.2, -0.15) is 0 Å². The van der Waals surface area contributed by atoms with Gasteiger partial charge in [0, 0.05) is 30.8 Å². The van der Waals surface area contributed by atoms with Crippen LogP contribution in [0, 0.1) is 5.41 Å². The van der Waals surface area contributed by atoms with Crippen molar-refractivity contribution < 1.29 is 14.2 Å². The summed E-state index contributed by atoms with van der Waals surface area (Å²) in [5.74, 6) is 1.99.